The Bertz CT molecular complexity index is 1540. The normalized spacial score (nSPS) is 20.2. The van der Waals surface area contributed by atoms with E-state index in [9.17, 15) is 10.1 Å². The van der Waals surface area contributed by atoms with Crippen LogP contribution in [0.1, 0.15) is 47.6 Å². The number of benzene rings is 3. The minimum atomic E-state index is -0.690. The van der Waals surface area contributed by atoms with Gasteiger partial charge in [-0.15, -0.1) is 0 Å². The van der Waals surface area contributed by atoms with Gasteiger partial charge in [-0.1, -0.05) is 41.6 Å². The van der Waals surface area contributed by atoms with Crippen LogP contribution in [0.25, 0.3) is 34.0 Å². The van der Waals surface area contributed by atoms with Gasteiger partial charge in [0.15, 0.2) is 0 Å². The monoisotopic (exact) mass is 490 g/mol. The summed E-state index contributed by atoms with van der Waals surface area (Å²) in [5, 5.41) is 26.5. The summed E-state index contributed by atoms with van der Waals surface area (Å²) in [5.41, 5.74) is 7.87. The molecule has 4 aromatic rings. The zero-order chi connectivity index (χ0) is 25.5. The number of carboxylic acid groups (broad SMARTS) is 1. The molecule has 37 heavy (non-hydrogen) atoms. The second-order valence-corrected chi connectivity index (χ2v) is 9.99. The average molecular weight is 491 g/mol. The molecule has 1 heterocycles. The molecule has 0 saturated heterocycles. The van der Waals surface area contributed by atoms with Crippen molar-refractivity contribution in [3.8, 4) is 40.0 Å². The number of rotatable bonds is 6. The predicted octanol–water partition coefficient (Wildman–Crippen LogP) is 5.69. The van der Waals surface area contributed by atoms with Gasteiger partial charge in [0.1, 0.15) is 0 Å². The maximum atomic E-state index is 11.1. The van der Waals surface area contributed by atoms with E-state index in [1.54, 1.807) is 0 Å². The summed E-state index contributed by atoms with van der Waals surface area (Å²) in [6.07, 6.45) is 3.38. The van der Waals surface area contributed by atoms with Gasteiger partial charge in [0, 0.05) is 23.2 Å². The SMILES string of the molecule is Cc1cc(-c2nc(-c3ccc4c(c3)CCC4N[C@H]3C[C@H](C(=O)O)C3)no2)ccc1-c1ccccc1C#N. The molecule has 6 rings (SSSR count). The van der Waals surface area contributed by atoms with Crippen molar-refractivity contribution in [2.24, 2.45) is 5.92 Å². The quantitative estimate of drug-likeness (QED) is 0.357. The number of nitrogens with zero attached hydrogens (tertiary/aromatic N) is 3. The average Bonchev–Trinajstić information content (AvgIpc) is 3.53. The Morgan fingerprint density at radius 2 is 1.89 bits per heavy atom. The fourth-order valence-corrected chi connectivity index (χ4v) is 5.54. The number of fused-ring (bicyclic) bond motifs is 1. The minimum Gasteiger partial charge on any atom is -0.481 e. The maximum Gasteiger partial charge on any atom is 0.306 e. The molecular weight excluding hydrogens is 464 g/mol. The first-order valence-electron chi connectivity index (χ1n) is 12.6. The first-order valence-corrected chi connectivity index (χ1v) is 12.6. The molecule has 2 N–H and O–H groups in total. The highest BCUT2D eigenvalue weighted by molar-refractivity contribution is 5.76. The third-order valence-electron chi connectivity index (χ3n) is 7.64. The highest BCUT2D eigenvalue weighted by Crippen LogP contribution is 2.37. The number of nitriles is 1. The molecule has 0 radical (unpaired) electrons. The molecule has 0 amide bonds. The van der Waals surface area contributed by atoms with Crippen LogP contribution in [-0.2, 0) is 11.2 Å². The lowest BCUT2D eigenvalue weighted by Crippen LogP contribution is -2.45. The van der Waals surface area contributed by atoms with Crippen LogP contribution in [0.3, 0.4) is 0 Å². The molecule has 7 heteroatoms. The molecule has 1 atom stereocenters. The molecule has 1 saturated carbocycles. The minimum absolute atomic E-state index is 0.207. The molecule has 0 spiro atoms. The van der Waals surface area contributed by atoms with Crippen molar-refractivity contribution >= 4 is 5.97 Å². The summed E-state index contributed by atoms with van der Waals surface area (Å²) in [5.74, 6) is 0.108. The molecule has 1 unspecified atom stereocenters. The second kappa shape index (κ2) is 9.30. The van der Waals surface area contributed by atoms with Crippen molar-refractivity contribution in [1.29, 1.82) is 5.26 Å². The van der Waals surface area contributed by atoms with E-state index in [-0.39, 0.29) is 18.0 Å². The van der Waals surface area contributed by atoms with Crippen LogP contribution < -0.4 is 5.32 Å². The lowest BCUT2D eigenvalue weighted by Gasteiger charge is -2.35. The van der Waals surface area contributed by atoms with Crippen LogP contribution >= 0.6 is 0 Å². The lowest BCUT2D eigenvalue weighted by molar-refractivity contribution is -0.145. The second-order valence-electron chi connectivity index (χ2n) is 9.99. The van der Waals surface area contributed by atoms with Crippen LogP contribution in [-0.4, -0.2) is 27.3 Å². The smallest absolute Gasteiger partial charge is 0.306 e. The van der Waals surface area contributed by atoms with Crippen molar-refractivity contribution in [3.63, 3.8) is 0 Å². The first kappa shape index (κ1) is 23.1. The first-order chi connectivity index (χ1) is 18.0. The van der Waals surface area contributed by atoms with E-state index in [1.165, 1.54) is 11.1 Å². The number of carbonyl (C=O) groups is 1. The van der Waals surface area contributed by atoms with Crippen LogP contribution in [0.15, 0.2) is 65.2 Å². The standard InChI is InChI=1S/C30H26N4O3/c1-17-12-20(7-9-24(17)25-5-3-2-4-21(25)16-31)29-33-28(34-37-29)19-6-10-26-18(13-19)8-11-27(26)32-23-14-22(15-23)30(35)36/h2-7,9-10,12-13,22-23,27,32H,8,11,14-15H2,1H3,(H,35,36)/t22-,23-,27?. The molecule has 1 fully saturated rings. The summed E-state index contributed by atoms with van der Waals surface area (Å²) in [6, 6.07) is 22.6. The van der Waals surface area contributed by atoms with Gasteiger partial charge in [-0.25, -0.2) is 0 Å². The fraction of sp³-hybridized carbons (Fsp3) is 0.267. The highest BCUT2D eigenvalue weighted by atomic mass is 16.5. The lowest BCUT2D eigenvalue weighted by atomic mass is 9.80. The Morgan fingerprint density at radius 1 is 1.08 bits per heavy atom. The molecule has 0 aliphatic heterocycles. The van der Waals surface area contributed by atoms with Crippen LogP contribution in [0.2, 0.25) is 0 Å². The Morgan fingerprint density at radius 3 is 2.68 bits per heavy atom. The van der Waals surface area contributed by atoms with Gasteiger partial charge >= 0.3 is 5.97 Å². The molecule has 7 nitrogen and oxygen atoms in total. The number of carboxylic acids is 1. The number of hydrogen-bond donors (Lipinski definition) is 2. The Kier molecular flexibility index (Phi) is 5.82. The number of hydrogen-bond acceptors (Lipinski definition) is 6. The largest absolute Gasteiger partial charge is 0.481 e. The molecule has 1 aromatic heterocycles. The fourth-order valence-electron chi connectivity index (χ4n) is 5.54. The Balaban J connectivity index is 1.19. The molecule has 3 aromatic carbocycles. The molecule has 2 aliphatic rings. The van der Waals surface area contributed by atoms with Gasteiger partial charge in [-0.3, -0.25) is 4.79 Å². The number of aryl methyl sites for hydroxylation is 2. The van der Waals surface area contributed by atoms with Gasteiger partial charge in [0.2, 0.25) is 5.82 Å². The third-order valence-corrected chi connectivity index (χ3v) is 7.64. The van der Waals surface area contributed by atoms with E-state index in [2.05, 4.69) is 33.7 Å². The van der Waals surface area contributed by atoms with Crippen molar-refractivity contribution in [2.45, 2.75) is 44.7 Å². The summed E-state index contributed by atoms with van der Waals surface area (Å²) < 4.78 is 5.62. The summed E-state index contributed by atoms with van der Waals surface area (Å²) in [6.45, 7) is 2.01. The molecule has 184 valence electrons. The van der Waals surface area contributed by atoms with Gasteiger partial charge in [-0.2, -0.15) is 10.2 Å². The zero-order valence-corrected chi connectivity index (χ0v) is 20.4. The van der Waals surface area contributed by atoms with Crippen LogP contribution in [0, 0.1) is 24.2 Å². The Hall–Kier alpha value is -4.28. The molecule has 0 bridgehead atoms. The number of aliphatic carboxylic acids is 1. The van der Waals surface area contributed by atoms with Crippen molar-refractivity contribution < 1.29 is 14.4 Å². The van der Waals surface area contributed by atoms with Gasteiger partial charge in [-0.05, 0) is 84.7 Å². The molecule has 2 aliphatic carbocycles. The summed E-state index contributed by atoms with van der Waals surface area (Å²) in [4.78, 5) is 15.8. The van der Waals surface area contributed by atoms with E-state index < -0.39 is 5.97 Å². The number of aromatic nitrogens is 2. The zero-order valence-electron chi connectivity index (χ0n) is 20.4. The van der Waals surface area contributed by atoms with E-state index in [0.717, 1.165) is 40.7 Å². The summed E-state index contributed by atoms with van der Waals surface area (Å²) in [7, 11) is 0. The van der Waals surface area contributed by atoms with E-state index in [0.29, 0.717) is 30.1 Å². The Labute approximate surface area is 214 Å². The number of nitrogens with one attached hydrogen (secondary N) is 1. The van der Waals surface area contributed by atoms with Crippen molar-refractivity contribution in [2.75, 3.05) is 0 Å². The summed E-state index contributed by atoms with van der Waals surface area (Å²) >= 11 is 0. The maximum absolute atomic E-state index is 11.1. The van der Waals surface area contributed by atoms with Crippen LogP contribution in [0.4, 0.5) is 0 Å². The van der Waals surface area contributed by atoms with E-state index in [4.69, 9.17) is 9.63 Å². The van der Waals surface area contributed by atoms with Gasteiger partial charge in [0.05, 0.1) is 17.6 Å². The van der Waals surface area contributed by atoms with Gasteiger partial charge in [0.25, 0.3) is 5.89 Å². The molecular formula is C30H26N4O3. The van der Waals surface area contributed by atoms with Crippen molar-refractivity contribution in [1.82, 2.24) is 15.5 Å². The highest BCUT2D eigenvalue weighted by Gasteiger charge is 2.36. The van der Waals surface area contributed by atoms with Gasteiger partial charge < -0.3 is 14.9 Å². The topological polar surface area (TPSA) is 112 Å². The van der Waals surface area contributed by atoms with E-state index >= 15 is 0 Å². The van der Waals surface area contributed by atoms with E-state index in [1.807, 2.05) is 55.5 Å². The van der Waals surface area contributed by atoms with Crippen LogP contribution in [0.5, 0.6) is 0 Å². The predicted molar refractivity (Wildman–Crippen MR) is 138 cm³/mol. The van der Waals surface area contributed by atoms with Crippen molar-refractivity contribution in [3.05, 3.63) is 82.9 Å². The third kappa shape index (κ3) is 4.30.